The molecule has 0 aromatic carbocycles. The SMILES string of the molecule is CN(C)C(=O)COC[C@H]1CN(c2ncccc2F)CC(C)(C)O1. The number of hydrogen-bond donors (Lipinski definition) is 0. The average Bonchev–Trinajstić information content (AvgIpc) is 2.45. The number of ether oxygens (including phenoxy) is 2. The lowest BCUT2D eigenvalue weighted by Crippen LogP contribution is -2.54. The van der Waals surface area contributed by atoms with Crippen molar-refractivity contribution in [2.45, 2.75) is 25.6 Å². The van der Waals surface area contributed by atoms with Gasteiger partial charge in [-0.25, -0.2) is 9.37 Å². The molecule has 0 N–H and O–H groups in total. The first-order chi connectivity index (χ1) is 10.8. The van der Waals surface area contributed by atoms with Gasteiger partial charge >= 0.3 is 0 Å². The number of carbonyl (C=O) groups is 1. The van der Waals surface area contributed by atoms with Crippen LogP contribution in [0.15, 0.2) is 18.3 Å². The molecule has 7 heteroatoms. The van der Waals surface area contributed by atoms with Gasteiger partial charge in [-0.1, -0.05) is 0 Å². The van der Waals surface area contributed by atoms with Crippen molar-refractivity contribution in [2.24, 2.45) is 0 Å². The number of amides is 1. The highest BCUT2D eigenvalue weighted by Gasteiger charge is 2.35. The van der Waals surface area contributed by atoms with Gasteiger partial charge in [-0.3, -0.25) is 4.79 Å². The summed E-state index contributed by atoms with van der Waals surface area (Å²) in [5.74, 6) is -0.140. The summed E-state index contributed by atoms with van der Waals surface area (Å²) in [6.45, 7) is 5.16. The maximum atomic E-state index is 14.0. The van der Waals surface area contributed by atoms with Gasteiger partial charge < -0.3 is 19.3 Å². The monoisotopic (exact) mass is 325 g/mol. The second kappa shape index (κ2) is 7.23. The fraction of sp³-hybridized carbons (Fsp3) is 0.625. The molecule has 1 saturated heterocycles. The van der Waals surface area contributed by atoms with Crippen LogP contribution in [0.2, 0.25) is 0 Å². The van der Waals surface area contributed by atoms with Crippen molar-refractivity contribution in [3.63, 3.8) is 0 Å². The van der Waals surface area contributed by atoms with Gasteiger partial charge in [0.15, 0.2) is 11.6 Å². The summed E-state index contributed by atoms with van der Waals surface area (Å²) in [5, 5.41) is 0. The first kappa shape index (κ1) is 17.6. The second-order valence-corrected chi connectivity index (χ2v) is 6.49. The molecule has 1 atom stereocenters. The number of morpholine rings is 1. The van der Waals surface area contributed by atoms with Crippen LogP contribution in [-0.4, -0.2) is 67.9 Å². The minimum Gasteiger partial charge on any atom is -0.369 e. The Hall–Kier alpha value is -1.73. The third-order valence-corrected chi connectivity index (χ3v) is 3.55. The van der Waals surface area contributed by atoms with Crippen molar-refractivity contribution in [3.8, 4) is 0 Å². The molecule has 128 valence electrons. The summed E-state index contributed by atoms with van der Waals surface area (Å²) in [7, 11) is 3.36. The van der Waals surface area contributed by atoms with Crippen LogP contribution < -0.4 is 4.90 Å². The van der Waals surface area contributed by atoms with E-state index in [9.17, 15) is 9.18 Å². The molecule has 2 rings (SSSR count). The highest BCUT2D eigenvalue weighted by molar-refractivity contribution is 5.76. The third kappa shape index (κ3) is 4.87. The van der Waals surface area contributed by atoms with E-state index < -0.39 is 5.60 Å². The first-order valence-corrected chi connectivity index (χ1v) is 7.60. The molecule has 0 radical (unpaired) electrons. The van der Waals surface area contributed by atoms with Gasteiger partial charge in [0.2, 0.25) is 5.91 Å². The van der Waals surface area contributed by atoms with Gasteiger partial charge in [0.25, 0.3) is 0 Å². The van der Waals surface area contributed by atoms with Gasteiger partial charge in [0.1, 0.15) is 6.61 Å². The van der Waals surface area contributed by atoms with Crippen LogP contribution in [0.1, 0.15) is 13.8 Å². The molecule has 1 fully saturated rings. The van der Waals surface area contributed by atoms with E-state index in [1.165, 1.54) is 11.0 Å². The van der Waals surface area contributed by atoms with Crippen molar-refractivity contribution in [2.75, 3.05) is 45.3 Å². The Morgan fingerprint density at radius 1 is 1.57 bits per heavy atom. The standard InChI is InChI=1S/C16H24FN3O3/c1-16(2)11-20(15-13(17)6-5-7-18-15)8-12(23-16)9-22-10-14(21)19(3)4/h5-7,12H,8-11H2,1-4H3/t12-/m1/s1. The highest BCUT2D eigenvalue weighted by Crippen LogP contribution is 2.26. The van der Waals surface area contributed by atoms with Crippen molar-refractivity contribution in [3.05, 3.63) is 24.1 Å². The van der Waals surface area contributed by atoms with Gasteiger partial charge in [0, 0.05) is 33.4 Å². The Bertz CT molecular complexity index is 551. The molecule has 0 spiro atoms. The van der Waals surface area contributed by atoms with Gasteiger partial charge in [0.05, 0.1) is 18.3 Å². The van der Waals surface area contributed by atoms with Gasteiger partial charge in [-0.2, -0.15) is 0 Å². The number of pyridine rings is 1. The van der Waals surface area contributed by atoms with Crippen LogP contribution in [-0.2, 0) is 14.3 Å². The quantitative estimate of drug-likeness (QED) is 0.817. The minimum atomic E-state index is -0.457. The fourth-order valence-electron chi connectivity index (χ4n) is 2.56. The van der Waals surface area contributed by atoms with Crippen molar-refractivity contribution < 1.29 is 18.7 Å². The Morgan fingerprint density at radius 3 is 2.96 bits per heavy atom. The lowest BCUT2D eigenvalue weighted by atomic mass is 10.1. The van der Waals surface area contributed by atoms with Crippen LogP contribution in [0.4, 0.5) is 10.2 Å². The minimum absolute atomic E-state index is 0.00520. The number of likely N-dealkylation sites (N-methyl/N-ethyl adjacent to an activating group) is 1. The number of aromatic nitrogens is 1. The Morgan fingerprint density at radius 2 is 2.30 bits per heavy atom. The molecule has 0 bridgehead atoms. The largest absolute Gasteiger partial charge is 0.369 e. The number of rotatable bonds is 5. The predicted molar refractivity (Wildman–Crippen MR) is 84.9 cm³/mol. The van der Waals surface area contributed by atoms with Crippen LogP contribution in [0, 0.1) is 5.82 Å². The van der Waals surface area contributed by atoms with Crippen LogP contribution in [0.5, 0.6) is 0 Å². The first-order valence-electron chi connectivity index (χ1n) is 7.60. The number of anilines is 1. The molecular weight excluding hydrogens is 301 g/mol. The lowest BCUT2D eigenvalue weighted by Gasteiger charge is -2.43. The normalized spacial score (nSPS) is 20.4. The van der Waals surface area contributed by atoms with E-state index in [0.717, 1.165) is 0 Å². The smallest absolute Gasteiger partial charge is 0.248 e. The van der Waals surface area contributed by atoms with Crippen molar-refractivity contribution in [1.82, 2.24) is 9.88 Å². The summed E-state index contributed by atoms with van der Waals surface area (Å²) < 4.78 is 25.4. The topological polar surface area (TPSA) is 54.9 Å². The van der Waals surface area contributed by atoms with E-state index in [1.807, 2.05) is 18.7 Å². The fourth-order valence-corrected chi connectivity index (χ4v) is 2.56. The van der Waals surface area contributed by atoms with Gasteiger partial charge in [-0.05, 0) is 26.0 Å². The zero-order chi connectivity index (χ0) is 17.0. The number of halogens is 1. The zero-order valence-corrected chi connectivity index (χ0v) is 14.1. The molecule has 23 heavy (non-hydrogen) atoms. The van der Waals surface area contributed by atoms with E-state index in [4.69, 9.17) is 9.47 Å². The Kier molecular flexibility index (Phi) is 5.54. The summed E-state index contributed by atoms with van der Waals surface area (Å²) >= 11 is 0. The zero-order valence-electron chi connectivity index (χ0n) is 14.1. The molecule has 1 aromatic heterocycles. The van der Waals surface area contributed by atoms with E-state index in [2.05, 4.69) is 4.98 Å². The van der Waals surface area contributed by atoms with Crippen molar-refractivity contribution >= 4 is 11.7 Å². The van der Waals surface area contributed by atoms with Crippen LogP contribution >= 0.6 is 0 Å². The van der Waals surface area contributed by atoms with E-state index in [-0.39, 0.29) is 31.0 Å². The molecule has 1 aromatic rings. The summed E-state index contributed by atoms with van der Waals surface area (Å²) in [6.07, 6.45) is 1.32. The van der Waals surface area contributed by atoms with Crippen LogP contribution in [0.3, 0.4) is 0 Å². The van der Waals surface area contributed by atoms with E-state index >= 15 is 0 Å². The van der Waals surface area contributed by atoms with E-state index in [0.29, 0.717) is 18.9 Å². The molecule has 0 unspecified atom stereocenters. The maximum absolute atomic E-state index is 14.0. The Balaban J connectivity index is 1.99. The summed E-state index contributed by atoms with van der Waals surface area (Å²) in [6, 6.07) is 2.96. The third-order valence-electron chi connectivity index (χ3n) is 3.55. The highest BCUT2D eigenvalue weighted by atomic mass is 19.1. The number of carbonyl (C=O) groups excluding carboxylic acids is 1. The summed E-state index contributed by atoms with van der Waals surface area (Å²) in [5.41, 5.74) is -0.457. The molecule has 1 amide bonds. The molecule has 1 aliphatic rings. The predicted octanol–water partition coefficient (Wildman–Crippen LogP) is 1.31. The van der Waals surface area contributed by atoms with Crippen molar-refractivity contribution in [1.29, 1.82) is 0 Å². The van der Waals surface area contributed by atoms with Gasteiger partial charge in [-0.15, -0.1) is 0 Å². The molecule has 0 saturated carbocycles. The van der Waals surface area contributed by atoms with Crippen LogP contribution in [0.25, 0.3) is 0 Å². The molecular formula is C16H24FN3O3. The Labute approximate surface area is 136 Å². The lowest BCUT2D eigenvalue weighted by molar-refractivity contribution is -0.139. The maximum Gasteiger partial charge on any atom is 0.248 e. The van der Waals surface area contributed by atoms with E-state index in [1.54, 1.807) is 26.4 Å². The molecule has 2 heterocycles. The molecule has 6 nitrogen and oxygen atoms in total. The second-order valence-electron chi connectivity index (χ2n) is 6.49. The number of hydrogen-bond acceptors (Lipinski definition) is 5. The summed E-state index contributed by atoms with van der Waals surface area (Å²) in [4.78, 5) is 19.0. The molecule has 1 aliphatic heterocycles. The number of nitrogens with zero attached hydrogens (tertiary/aromatic N) is 3. The molecule has 0 aliphatic carbocycles. The average molecular weight is 325 g/mol.